The number of nitrogens with one attached hydrogen (secondary N) is 2. The van der Waals surface area contributed by atoms with Crippen LogP contribution in [0.2, 0.25) is 0 Å². The van der Waals surface area contributed by atoms with Gasteiger partial charge in [-0.3, -0.25) is 0 Å². The molecule has 0 radical (unpaired) electrons. The first kappa shape index (κ1) is 27.9. The Balaban J connectivity index is 0. The molecule has 0 aromatic heterocycles. The van der Waals surface area contributed by atoms with Gasteiger partial charge in [0.05, 0.1) is 45.7 Å². The monoisotopic (exact) mass is 382 g/mol. The Kier molecular flexibility index (Phi) is 24.4. The first-order chi connectivity index (χ1) is 12.6. The molecule has 0 spiro atoms. The molecule has 8 nitrogen and oxygen atoms in total. The zero-order chi connectivity index (χ0) is 20.0. The Bertz CT molecular complexity index is 240. The molecule has 0 saturated heterocycles. The summed E-state index contributed by atoms with van der Waals surface area (Å²) in [6.45, 7) is 9.52. The zero-order valence-corrected chi connectivity index (χ0v) is 16.8. The van der Waals surface area contributed by atoms with E-state index in [0.29, 0.717) is 19.8 Å². The van der Waals surface area contributed by atoms with Gasteiger partial charge in [-0.2, -0.15) is 0 Å². The van der Waals surface area contributed by atoms with Gasteiger partial charge in [0.1, 0.15) is 0 Å². The van der Waals surface area contributed by atoms with Gasteiger partial charge in [-0.05, 0) is 26.2 Å². The molecular formula is C18H42N2O6. The summed E-state index contributed by atoms with van der Waals surface area (Å²) < 4.78 is 10.2. The summed E-state index contributed by atoms with van der Waals surface area (Å²) in [7, 11) is 0. The molecule has 0 heterocycles. The molecule has 0 rings (SSSR count). The second-order valence-corrected chi connectivity index (χ2v) is 6.01. The van der Waals surface area contributed by atoms with Crippen molar-refractivity contribution in [3.8, 4) is 0 Å². The fourth-order valence-corrected chi connectivity index (χ4v) is 1.98. The highest BCUT2D eigenvalue weighted by Crippen LogP contribution is 1.96. The van der Waals surface area contributed by atoms with Crippen LogP contribution in [0.5, 0.6) is 0 Å². The van der Waals surface area contributed by atoms with E-state index in [-0.39, 0.29) is 44.6 Å². The lowest BCUT2D eigenvalue weighted by atomic mass is 10.2. The van der Waals surface area contributed by atoms with Crippen LogP contribution in [0.3, 0.4) is 0 Å². The Morgan fingerprint density at radius 1 is 0.769 bits per heavy atom. The number of hydrogen-bond acceptors (Lipinski definition) is 8. The largest absolute Gasteiger partial charge is 0.395 e. The molecule has 0 aliphatic carbocycles. The molecule has 0 aromatic carbocycles. The molecule has 0 aliphatic rings. The molecule has 0 saturated carbocycles. The van der Waals surface area contributed by atoms with E-state index in [0.717, 1.165) is 32.4 Å². The SMILES string of the molecule is CC(CCOCCO)OCCO.CC[C@@H](CO)NCCN[C@@H](CC)CO. The van der Waals surface area contributed by atoms with Crippen LogP contribution in [0.1, 0.15) is 40.0 Å². The van der Waals surface area contributed by atoms with E-state index in [1.165, 1.54) is 0 Å². The summed E-state index contributed by atoms with van der Waals surface area (Å²) in [5.41, 5.74) is 0. The van der Waals surface area contributed by atoms with Crippen molar-refractivity contribution in [2.75, 3.05) is 59.3 Å². The van der Waals surface area contributed by atoms with Gasteiger partial charge in [0.25, 0.3) is 0 Å². The number of aliphatic hydroxyl groups excluding tert-OH is 4. The average molecular weight is 383 g/mol. The highest BCUT2D eigenvalue weighted by atomic mass is 16.5. The number of hydrogen-bond donors (Lipinski definition) is 6. The van der Waals surface area contributed by atoms with Gasteiger partial charge in [0, 0.05) is 31.8 Å². The summed E-state index contributed by atoms with van der Waals surface area (Å²) in [5, 5.41) is 41.1. The van der Waals surface area contributed by atoms with Gasteiger partial charge in [0.2, 0.25) is 0 Å². The molecule has 26 heavy (non-hydrogen) atoms. The van der Waals surface area contributed by atoms with Gasteiger partial charge in [-0.1, -0.05) is 13.8 Å². The lowest BCUT2D eigenvalue weighted by Gasteiger charge is -2.17. The van der Waals surface area contributed by atoms with Crippen molar-refractivity contribution in [1.82, 2.24) is 10.6 Å². The highest BCUT2D eigenvalue weighted by Gasteiger charge is 2.04. The minimum Gasteiger partial charge on any atom is -0.395 e. The van der Waals surface area contributed by atoms with Crippen molar-refractivity contribution >= 4 is 0 Å². The predicted octanol–water partition coefficient (Wildman–Crippen LogP) is -0.510. The van der Waals surface area contributed by atoms with Crippen molar-refractivity contribution in [3.63, 3.8) is 0 Å². The van der Waals surface area contributed by atoms with Gasteiger partial charge in [-0.15, -0.1) is 0 Å². The maximum absolute atomic E-state index is 8.90. The molecule has 8 heteroatoms. The summed E-state index contributed by atoms with van der Waals surface area (Å²) in [6, 6.07) is 0.400. The highest BCUT2D eigenvalue weighted by molar-refractivity contribution is 4.67. The van der Waals surface area contributed by atoms with Gasteiger partial charge in [0.15, 0.2) is 0 Å². The third kappa shape index (κ3) is 20.0. The fourth-order valence-electron chi connectivity index (χ4n) is 1.98. The van der Waals surface area contributed by atoms with Crippen LogP contribution in [-0.2, 0) is 9.47 Å². The Hall–Kier alpha value is -0.320. The quantitative estimate of drug-likeness (QED) is 0.186. The van der Waals surface area contributed by atoms with E-state index >= 15 is 0 Å². The van der Waals surface area contributed by atoms with Crippen LogP contribution in [0.15, 0.2) is 0 Å². The summed E-state index contributed by atoms with van der Waals surface area (Å²) in [5.74, 6) is 0. The Morgan fingerprint density at radius 2 is 1.27 bits per heavy atom. The van der Waals surface area contributed by atoms with Crippen molar-refractivity contribution in [2.24, 2.45) is 0 Å². The number of aliphatic hydroxyl groups is 4. The smallest absolute Gasteiger partial charge is 0.0701 e. The molecule has 0 fully saturated rings. The average Bonchev–Trinajstić information content (AvgIpc) is 2.67. The molecule has 6 N–H and O–H groups in total. The lowest BCUT2D eigenvalue weighted by molar-refractivity contribution is 0.0100. The molecule has 0 bridgehead atoms. The summed E-state index contributed by atoms with van der Waals surface area (Å²) >= 11 is 0. The van der Waals surface area contributed by atoms with E-state index in [1.807, 2.05) is 20.8 Å². The molecule has 0 aromatic rings. The number of ether oxygens (including phenoxy) is 2. The standard InChI is InChI=1S/C10H24N2O2.C8H18O4/c1-3-9(7-13)11-5-6-12-10(4-2)8-14;1-8(12-7-4-10)2-5-11-6-3-9/h9-14H,3-8H2,1-2H3;8-10H,2-7H2,1H3/t9-,10-;/m0./s1. The predicted molar refractivity (Wildman–Crippen MR) is 103 cm³/mol. The molecule has 0 amide bonds. The van der Waals surface area contributed by atoms with E-state index in [9.17, 15) is 0 Å². The molecular weight excluding hydrogens is 340 g/mol. The second-order valence-electron chi connectivity index (χ2n) is 6.01. The third-order valence-electron chi connectivity index (χ3n) is 3.82. The van der Waals surface area contributed by atoms with Crippen LogP contribution in [0.4, 0.5) is 0 Å². The fraction of sp³-hybridized carbons (Fsp3) is 1.00. The van der Waals surface area contributed by atoms with Crippen LogP contribution in [0.25, 0.3) is 0 Å². The van der Waals surface area contributed by atoms with Gasteiger partial charge < -0.3 is 40.5 Å². The summed E-state index contributed by atoms with van der Waals surface area (Å²) in [6.07, 6.45) is 2.78. The first-order valence-corrected chi connectivity index (χ1v) is 9.68. The maximum atomic E-state index is 8.90. The Morgan fingerprint density at radius 3 is 1.65 bits per heavy atom. The van der Waals surface area contributed by atoms with Crippen molar-refractivity contribution < 1.29 is 29.9 Å². The normalized spacial score (nSPS) is 14.4. The minimum atomic E-state index is 0.0574. The minimum absolute atomic E-state index is 0.0574. The van der Waals surface area contributed by atoms with Crippen molar-refractivity contribution in [3.05, 3.63) is 0 Å². The molecule has 0 aliphatic heterocycles. The maximum Gasteiger partial charge on any atom is 0.0701 e. The van der Waals surface area contributed by atoms with E-state index in [2.05, 4.69) is 10.6 Å². The second kappa shape index (κ2) is 22.7. The topological polar surface area (TPSA) is 123 Å². The van der Waals surface area contributed by atoms with Crippen molar-refractivity contribution in [1.29, 1.82) is 0 Å². The van der Waals surface area contributed by atoms with Crippen LogP contribution < -0.4 is 10.6 Å². The van der Waals surface area contributed by atoms with Gasteiger partial charge >= 0.3 is 0 Å². The Labute approximate surface area is 158 Å². The molecule has 3 atom stereocenters. The van der Waals surface area contributed by atoms with E-state index < -0.39 is 0 Å². The lowest BCUT2D eigenvalue weighted by Crippen LogP contribution is -2.40. The summed E-state index contributed by atoms with van der Waals surface area (Å²) in [4.78, 5) is 0. The van der Waals surface area contributed by atoms with Crippen molar-refractivity contribution in [2.45, 2.75) is 58.2 Å². The zero-order valence-electron chi connectivity index (χ0n) is 16.8. The van der Waals surface area contributed by atoms with E-state index in [4.69, 9.17) is 29.9 Å². The van der Waals surface area contributed by atoms with Crippen LogP contribution in [-0.4, -0.2) is 98.0 Å². The third-order valence-corrected chi connectivity index (χ3v) is 3.82. The molecule has 1 unspecified atom stereocenters. The van der Waals surface area contributed by atoms with Crippen LogP contribution >= 0.6 is 0 Å². The number of rotatable bonds is 17. The van der Waals surface area contributed by atoms with Gasteiger partial charge in [-0.25, -0.2) is 0 Å². The molecule has 160 valence electrons. The van der Waals surface area contributed by atoms with Crippen LogP contribution in [0, 0.1) is 0 Å². The van der Waals surface area contributed by atoms with E-state index in [1.54, 1.807) is 0 Å². The first-order valence-electron chi connectivity index (χ1n) is 9.68.